The number of ether oxygens (including phenoxy) is 2. The Morgan fingerprint density at radius 2 is 1.82 bits per heavy atom. The van der Waals surface area contributed by atoms with Crippen LogP contribution >= 0.6 is 23.2 Å². The van der Waals surface area contributed by atoms with Gasteiger partial charge in [0.2, 0.25) is 0 Å². The Kier molecular flexibility index (Phi) is 5.92. The second kappa shape index (κ2) is 7.92. The number of hydrogen-bond donors (Lipinski definition) is 1. The minimum absolute atomic E-state index is 0.159. The van der Waals surface area contributed by atoms with Gasteiger partial charge in [-0.15, -0.1) is 0 Å². The topological polar surface area (TPSA) is 47.6 Å². The number of carbonyl (C=O) groups is 1. The second-order valence-electron chi connectivity index (χ2n) is 4.47. The fourth-order valence-electron chi connectivity index (χ4n) is 1.79. The molecule has 2 aromatic carbocycles. The zero-order chi connectivity index (χ0) is 15.9. The largest absolute Gasteiger partial charge is 0.497 e. The van der Waals surface area contributed by atoms with Gasteiger partial charge < -0.3 is 14.8 Å². The van der Waals surface area contributed by atoms with Crippen molar-refractivity contribution >= 4 is 29.1 Å². The first-order valence-corrected chi connectivity index (χ1v) is 7.32. The number of halogens is 2. The molecule has 0 saturated carbocycles. The molecule has 0 aliphatic rings. The quantitative estimate of drug-likeness (QED) is 0.872. The summed E-state index contributed by atoms with van der Waals surface area (Å²) in [6.45, 7) is 0.225. The van der Waals surface area contributed by atoms with E-state index in [1.165, 1.54) is 0 Å². The highest BCUT2D eigenvalue weighted by Crippen LogP contribution is 2.32. The van der Waals surface area contributed by atoms with Crippen LogP contribution in [0, 0.1) is 0 Å². The molecule has 0 heterocycles. The van der Waals surface area contributed by atoms with Gasteiger partial charge in [-0.2, -0.15) is 0 Å². The molecule has 0 spiro atoms. The summed E-state index contributed by atoms with van der Waals surface area (Å²) in [5.74, 6) is 0.784. The molecule has 6 heteroatoms. The van der Waals surface area contributed by atoms with Crippen molar-refractivity contribution in [3.8, 4) is 11.5 Å². The molecule has 2 rings (SSSR count). The fraction of sp³-hybridized carbons (Fsp3) is 0.188. The van der Waals surface area contributed by atoms with Gasteiger partial charge in [-0.1, -0.05) is 41.4 Å². The monoisotopic (exact) mass is 339 g/mol. The summed E-state index contributed by atoms with van der Waals surface area (Å²) < 4.78 is 10.5. The van der Waals surface area contributed by atoms with Crippen LogP contribution in [0.25, 0.3) is 0 Å². The van der Waals surface area contributed by atoms with Crippen LogP contribution in [0.1, 0.15) is 5.56 Å². The molecule has 0 radical (unpaired) electrons. The third-order valence-corrected chi connectivity index (χ3v) is 3.49. The highest BCUT2D eigenvalue weighted by Gasteiger charge is 2.09. The number of amides is 1. The number of nitrogens with one attached hydrogen (secondary N) is 1. The Balaban J connectivity index is 1.85. The summed E-state index contributed by atoms with van der Waals surface area (Å²) in [7, 11) is 1.60. The van der Waals surface area contributed by atoms with Gasteiger partial charge in [-0.05, 0) is 29.8 Å². The molecule has 116 valence electrons. The van der Waals surface area contributed by atoms with E-state index in [2.05, 4.69) is 5.32 Å². The van der Waals surface area contributed by atoms with Gasteiger partial charge >= 0.3 is 0 Å². The summed E-state index contributed by atoms with van der Waals surface area (Å²) in [5, 5.41) is 3.49. The average Bonchev–Trinajstić information content (AvgIpc) is 2.52. The highest BCUT2D eigenvalue weighted by atomic mass is 35.5. The van der Waals surface area contributed by atoms with E-state index in [1.54, 1.807) is 25.3 Å². The Morgan fingerprint density at radius 1 is 1.14 bits per heavy atom. The maximum absolute atomic E-state index is 11.8. The molecule has 2 aromatic rings. The van der Waals surface area contributed by atoms with Crippen molar-refractivity contribution in [2.45, 2.75) is 6.54 Å². The second-order valence-corrected chi connectivity index (χ2v) is 5.28. The average molecular weight is 340 g/mol. The van der Waals surface area contributed by atoms with Crippen molar-refractivity contribution in [2.75, 3.05) is 13.7 Å². The molecule has 0 fully saturated rings. The normalized spacial score (nSPS) is 10.1. The fourth-order valence-corrected chi connectivity index (χ4v) is 2.30. The molecule has 0 aromatic heterocycles. The van der Waals surface area contributed by atoms with Crippen LogP contribution in [0.2, 0.25) is 10.0 Å². The molecule has 0 atom stereocenters. The molecule has 0 bridgehead atoms. The lowest BCUT2D eigenvalue weighted by atomic mass is 10.2. The molecule has 0 aliphatic carbocycles. The Bertz CT molecular complexity index is 641. The summed E-state index contributed by atoms with van der Waals surface area (Å²) >= 11 is 11.9. The van der Waals surface area contributed by atoms with E-state index >= 15 is 0 Å². The first-order chi connectivity index (χ1) is 10.6. The molecule has 0 unspecified atom stereocenters. The summed E-state index contributed by atoms with van der Waals surface area (Å²) in [5.41, 5.74) is 0.934. The number of methoxy groups -OCH3 is 1. The van der Waals surface area contributed by atoms with E-state index in [0.29, 0.717) is 22.3 Å². The van der Waals surface area contributed by atoms with Crippen molar-refractivity contribution < 1.29 is 14.3 Å². The third-order valence-electron chi connectivity index (χ3n) is 2.89. The maximum atomic E-state index is 11.8. The van der Waals surface area contributed by atoms with Gasteiger partial charge in [-0.25, -0.2) is 0 Å². The van der Waals surface area contributed by atoms with E-state index in [-0.39, 0.29) is 12.5 Å². The molecule has 1 amide bonds. The molecule has 22 heavy (non-hydrogen) atoms. The van der Waals surface area contributed by atoms with Crippen LogP contribution in [-0.4, -0.2) is 19.6 Å². The smallest absolute Gasteiger partial charge is 0.258 e. The predicted molar refractivity (Wildman–Crippen MR) is 86.8 cm³/mol. The number of rotatable bonds is 6. The van der Waals surface area contributed by atoms with Crippen molar-refractivity contribution in [1.29, 1.82) is 0 Å². The Morgan fingerprint density at radius 3 is 2.50 bits per heavy atom. The van der Waals surface area contributed by atoms with Gasteiger partial charge in [0.1, 0.15) is 5.75 Å². The summed E-state index contributed by atoms with van der Waals surface area (Å²) in [6.07, 6.45) is 0. The number of hydrogen-bond acceptors (Lipinski definition) is 3. The standard InChI is InChI=1S/C16H15Cl2NO3/c1-21-12-5-2-4-11(8-12)9-19-15(20)10-22-16-13(17)6-3-7-14(16)18/h2-8H,9-10H2,1H3,(H,19,20). The van der Waals surface area contributed by atoms with Crippen molar-refractivity contribution in [1.82, 2.24) is 5.32 Å². The van der Waals surface area contributed by atoms with E-state index in [9.17, 15) is 4.79 Å². The molecule has 0 saturated heterocycles. The van der Waals surface area contributed by atoms with E-state index in [4.69, 9.17) is 32.7 Å². The van der Waals surface area contributed by atoms with Gasteiger partial charge in [0.05, 0.1) is 17.2 Å². The minimum Gasteiger partial charge on any atom is -0.497 e. The van der Waals surface area contributed by atoms with Gasteiger partial charge in [0.15, 0.2) is 12.4 Å². The number of benzene rings is 2. The molecular formula is C16H15Cl2NO3. The maximum Gasteiger partial charge on any atom is 0.258 e. The van der Waals surface area contributed by atoms with Crippen LogP contribution in [0.15, 0.2) is 42.5 Å². The number of carbonyl (C=O) groups excluding carboxylic acids is 1. The Hall–Kier alpha value is -1.91. The first-order valence-electron chi connectivity index (χ1n) is 6.56. The van der Waals surface area contributed by atoms with Gasteiger partial charge in [-0.3, -0.25) is 4.79 Å². The van der Waals surface area contributed by atoms with Crippen LogP contribution in [0.4, 0.5) is 0 Å². The molecule has 4 nitrogen and oxygen atoms in total. The van der Waals surface area contributed by atoms with Crippen molar-refractivity contribution in [2.24, 2.45) is 0 Å². The molecule has 1 N–H and O–H groups in total. The van der Waals surface area contributed by atoms with E-state index in [0.717, 1.165) is 11.3 Å². The van der Waals surface area contributed by atoms with Crippen molar-refractivity contribution in [3.05, 3.63) is 58.1 Å². The van der Waals surface area contributed by atoms with E-state index in [1.807, 2.05) is 24.3 Å². The molecular weight excluding hydrogens is 325 g/mol. The predicted octanol–water partition coefficient (Wildman–Crippen LogP) is 3.70. The minimum atomic E-state index is -0.265. The summed E-state index contributed by atoms with van der Waals surface area (Å²) in [4.78, 5) is 11.8. The summed E-state index contributed by atoms with van der Waals surface area (Å²) in [6, 6.07) is 12.5. The van der Waals surface area contributed by atoms with Crippen LogP contribution < -0.4 is 14.8 Å². The first kappa shape index (κ1) is 16.5. The Labute approximate surface area is 138 Å². The van der Waals surface area contributed by atoms with Crippen molar-refractivity contribution in [3.63, 3.8) is 0 Å². The zero-order valence-corrected chi connectivity index (χ0v) is 13.4. The van der Waals surface area contributed by atoms with Gasteiger partial charge in [0.25, 0.3) is 5.91 Å². The lowest BCUT2D eigenvalue weighted by Gasteiger charge is -2.10. The van der Waals surface area contributed by atoms with E-state index < -0.39 is 0 Å². The van der Waals surface area contributed by atoms with Crippen LogP contribution in [-0.2, 0) is 11.3 Å². The number of para-hydroxylation sites is 1. The van der Waals surface area contributed by atoms with Crippen LogP contribution in [0.5, 0.6) is 11.5 Å². The lowest BCUT2D eigenvalue weighted by Crippen LogP contribution is -2.28. The van der Waals surface area contributed by atoms with Gasteiger partial charge in [0, 0.05) is 6.54 Å². The highest BCUT2D eigenvalue weighted by molar-refractivity contribution is 6.37. The zero-order valence-electron chi connectivity index (χ0n) is 11.9. The van der Waals surface area contributed by atoms with Crippen LogP contribution in [0.3, 0.4) is 0 Å². The molecule has 0 aliphatic heterocycles. The third kappa shape index (κ3) is 4.55. The SMILES string of the molecule is COc1cccc(CNC(=O)COc2c(Cl)cccc2Cl)c1. The lowest BCUT2D eigenvalue weighted by molar-refractivity contribution is -0.123.